The van der Waals surface area contributed by atoms with Crippen LogP contribution in [0, 0.1) is 11.6 Å². The third-order valence-corrected chi connectivity index (χ3v) is 3.67. The van der Waals surface area contributed by atoms with Gasteiger partial charge in [-0.05, 0) is 54.6 Å². The summed E-state index contributed by atoms with van der Waals surface area (Å²) in [6.07, 6.45) is 1.52. The van der Waals surface area contributed by atoms with Crippen molar-refractivity contribution in [3.05, 3.63) is 78.1 Å². The summed E-state index contributed by atoms with van der Waals surface area (Å²) < 4.78 is 42.6. The summed E-state index contributed by atoms with van der Waals surface area (Å²) in [6, 6.07) is 13.6. The van der Waals surface area contributed by atoms with Crippen molar-refractivity contribution in [1.29, 1.82) is 0 Å². The molecule has 0 aliphatic rings. The lowest BCUT2D eigenvalue weighted by molar-refractivity contribution is 0.299. The second-order valence-electron chi connectivity index (χ2n) is 5.45. The fraction of sp³-hybridized carbons (Fsp3) is 0.0526. The maximum absolute atomic E-state index is 13.6. The smallest absolute Gasteiger partial charge is 0.293 e. The van der Waals surface area contributed by atoms with Gasteiger partial charge in [0.25, 0.3) is 5.89 Å². The molecule has 0 saturated heterocycles. The van der Waals surface area contributed by atoms with Gasteiger partial charge in [0.15, 0.2) is 5.76 Å². The Morgan fingerprint density at radius 1 is 1.00 bits per heavy atom. The van der Waals surface area contributed by atoms with Gasteiger partial charge in [0.1, 0.15) is 24.0 Å². The SMILES string of the molecule is Fc1ccc(F)c(COc2ccc(-c3noc(-c4ccco4)n3)cc2)c1. The number of halogens is 2. The average Bonchev–Trinajstić information content (AvgIpc) is 3.34. The highest BCUT2D eigenvalue weighted by molar-refractivity contribution is 5.58. The molecule has 0 saturated carbocycles. The summed E-state index contributed by atoms with van der Waals surface area (Å²) in [6.45, 7) is -0.0756. The molecular weight excluding hydrogens is 342 g/mol. The van der Waals surface area contributed by atoms with Crippen molar-refractivity contribution in [2.75, 3.05) is 0 Å². The number of furan rings is 1. The quantitative estimate of drug-likeness (QED) is 0.512. The van der Waals surface area contributed by atoms with Crippen LogP contribution in [0.1, 0.15) is 5.56 Å². The van der Waals surface area contributed by atoms with E-state index in [9.17, 15) is 8.78 Å². The van der Waals surface area contributed by atoms with Gasteiger partial charge in [0.05, 0.1) is 6.26 Å². The van der Waals surface area contributed by atoms with Crippen LogP contribution < -0.4 is 4.74 Å². The van der Waals surface area contributed by atoms with Gasteiger partial charge in [-0.1, -0.05) is 5.16 Å². The molecule has 0 aliphatic carbocycles. The van der Waals surface area contributed by atoms with Gasteiger partial charge in [-0.25, -0.2) is 8.78 Å². The molecule has 0 unspecified atom stereocenters. The second kappa shape index (κ2) is 6.79. The zero-order valence-electron chi connectivity index (χ0n) is 13.4. The number of aromatic nitrogens is 2. The minimum Gasteiger partial charge on any atom is -0.489 e. The summed E-state index contributed by atoms with van der Waals surface area (Å²) in [7, 11) is 0. The maximum Gasteiger partial charge on any atom is 0.293 e. The Balaban J connectivity index is 1.46. The Bertz CT molecular complexity index is 1010. The highest BCUT2D eigenvalue weighted by Crippen LogP contribution is 2.24. The van der Waals surface area contributed by atoms with Gasteiger partial charge in [-0.2, -0.15) is 4.98 Å². The van der Waals surface area contributed by atoms with E-state index < -0.39 is 11.6 Å². The molecule has 0 bridgehead atoms. The second-order valence-corrected chi connectivity index (χ2v) is 5.45. The first kappa shape index (κ1) is 16.0. The topological polar surface area (TPSA) is 61.3 Å². The molecule has 0 fully saturated rings. The van der Waals surface area contributed by atoms with Crippen LogP contribution in [0.2, 0.25) is 0 Å². The van der Waals surface area contributed by atoms with E-state index >= 15 is 0 Å². The van der Waals surface area contributed by atoms with Crippen LogP contribution in [0.15, 0.2) is 69.8 Å². The molecule has 0 spiro atoms. The van der Waals surface area contributed by atoms with Crippen LogP contribution in [-0.4, -0.2) is 10.1 Å². The van der Waals surface area contributed by atoms with E-state index in [1.165, 1.54) is 6.26 Å². The third-order valence-electron chi connectivity index (χ3n) is 3.67. The molecule has 2 aromatic heterocycles. The van der Waals surface area contributed by atoms with Gasteiger partial charge < -0.3 is 13.7 Å². The molecule has 0 amide bonds. The molecular formula is C19H12F2N2O3. The van der Waals surface area contributed by atoms with E-state index in [2.05, 4.69) is 10.1 Å². The number of hydrogen-bond acceptors (Lipinski definition) is 5. The maximum atomic E-state index is 13.6. The molecule has 7 heteroatoms. The molecule has 130 valence electrons. The molecule has 4 aromatic rings. The van der Waals surface area contributed by atoms with Crippen LogP contribution in [0.4, 0.5) is 8.78 Å². The van der Waals surface area contributed by atoms with E-state index in [-0.39, 0.29) is 18.1 Å². The zero-order valence-corrected chi connectivity index (χ0v) is 13.4. The molecule has 0 aliphatic heterocycles. The van der Waals surface area contributed by atoms with Crippen LogP contribution in [0.5, 0.6) is 5.75 Å². The van der Waals surface area contributed by atoms with Gasteiger partial charge in [0, 0.05) is 11.1 Å². The monoisotopic (exact) mass is 354 g/mol. The fourth-order valence-electron chi connectivity index (χ4n) is 2.36. The number of rotatable bonds is 5. The highest BCUT2D eigenvalue weighted by Gasteiger charge is 2.12. The molecule has 2 aromatic carbocycles. The summed E-state index contributed by atoms with van der Waals surface area (Å²) in [4.78, 5) is 4.26. The predicted octanol–water partition coefficient (Wildman–Crippen LogP) is 4.85. The number of benzene rings is 2. The number of nitrogens with zero attached hydrogens (tertiary/aromatic N) is 2. The van der Waals surface area contributed by atoms with Crippen molar-refractivity contribution in [2.45, 2.75) is 6.61 Å². The summed E-state index contributed by atoms with van der Waals surface area (Å²) >= 11 is 0. The zero-order chi connectivity index (χ0) is 17.9. The first-order valence-corrected chi connectivity index (χ1v) is 7.74. The molecule has 0 N–H and O–H groups in total. The van der Waals surface area contributed by atoms with Gasteiger partial charge in [0.2, 0.25) is 5.82 Å². The summed E-state index contributed by atoms with van der Waals surface area (Å²) in [5, 5.41) is 3.91. The van der Waals surface area contributed by atoms with E-state index in [0.717, 1.165) is 23.8 Å². The summed E-state index contributed by atoms with van der Waals surface area (Å²) in [5.74, 6) is 0.657. The van der Waals surface area contributed by atoms with Crippen LogP contribution >= 0.6 is 0 Å². The molecule has 5 nitrogen and oxygen atoms in total. The van der Waals surface area contributed by atoms with Crippen LogP contribution in [0.3, 0.4) is 0 Å². The van der Waals surface area contributed by atoms with Gasteiger partial charge in [-0.3, -0.25) is 0 Å². The first-order valence-electron chi connectivity index (χ1n) is 7.74. The lowest BCUT2D eigenvalue weighted by atomic mass is 10.2. The van der Waals surface area contributed by atoms with Crippen molar-refractivity contribution < 1.29 is 22.5 Å². The van der Waals surface area contributed by atoms with Crippen molar-refractivity contribution in [2.24, 2.45) is 0 Å². The van der Waals surface area contributed by atoms with E-state index in [1.807, 2.05) is 0 Å². The van der Waals surface area contributed by atoms with Crippen molar-refractivity contribution in [1.82, 2.24) is 10.1 Å². The molecule has 4 rings (SSSR count). The number of ether oxygens (including phenoxy) is 1. The Morgan fingerprint density at radius 2 is 1.85 bits per heavy atom. The minimum absolute atomic E-state index is 0.0756. The lowest BCUT2D eigenvalue weighted by Gasteiger charge is -2.07. The predicted molar refractivity (Wildman–Crippen MR) is 88.1 cm³/mol. The van der Waals surface area contributed by atoms with Gasteiger partial charge in [-0.15, -0.1) is 0 Å². The highest BCUT2D eigenvalue weighted by atomic mass is 19.1. The van der Waals surface area contributed by atoms with Crippen LogP contribution in [0.25, 0.3) is 23.0 Å². The van der Waals surface area contributed by atoms with Crippen LogP contribution in [-0.2, 0) is 6.61 Å². The molecule has 2 heterocycles. The third kappa shape index (κ3) is 3.32. The van der Waals surface area contributed by atoms with E-state index in [1.54, 1.807) is 36.4 Å². The standard InChI is InChI=1S/C19H12F2N2O3/c20-14-5-8-16(21)13(10-14)11-25-15-6-3-12(4-7-15)18-22-19(26-23-18)17-2-1-9-24-17/h1-10H,11H2. The number of hydrogen-bond donors (Lipinski definition) is 0. The average molecular weight is 354 g/mol. The lowest BCUT2D eigenvalue weighted by Crippen LogP contribution is -1.99. The normalized spacial score (nSPS) is 10.8. The van der Waals surface area contributed by atoms with E-state index in [4.69, 9.17) is 13.7 Å². The van der Waals surface area contributed by atoms with Crippen molar-refractivity contribution in [3.8, 4) is 28.8 Å². The Morgan fingerprint density at radius 3 is 2.62 bits per heavy atom. The van der Waals surface area contributed by atoms with E-state index in [0.29, 0.717) is 17.3 Å². The molecule has 0 radical (unpaired) electrons. The Hall–Kier alpha value is -3.48. The summed E-state index contributed by atoms with van der Waals surface area (Å²) in [5.41, 5.74) is 0.867. The Kier molecular flexibility index (Phi) is 4.18. The Labute approximate surface area is 146 Å². The molecule has 26 heavy (non-hydrogen) atoms. The first-order chi connectivity index (χ1) is 12.7. The largest absolute Gasteiger partial charge is 0.489 e. The minimum atomic E-state index is -0.514. The molecule has 0 atom stereocenters. The van der Waals surface area contributed by atoms with Gasteiger partial charge >= 0.3 is 0 Å². The fourth-order valence-corrected chi connectivity index (χ4v) is 2.36. The van der Waals surface area contributed by atoms with Crippen molar-refractivity contribution in [3.63, 3.8) is 0 Å². The van der Waals surface area contributed by atoms with Crippen molar-refractivity contribution >= 4 is 0 Å².